The molecule has 0 aliphatic carbocycles. The number of aliphatic hydroxyl groups is 1. The molecule has 0 spiro atoms. The Morgan fingerprint density at radius 1 is 1.59 bits per heavy atom. The lowest BCUT2D eigenvalue weighted by Gasteiger charge is -2.12. The van der Waals surface area contributed by atoms with Gasteiger partial charge in [0.2, 0.25) is 5.91 Å². The zero-order chi connectivity index (χ0) is 12.4. The Labute approximate surface area is 106 Å². The summed E-state index contributed by atoms with van der Waals surface area (Å²) in [6.45, 7) is 0.385. The Morgan fingerprint density at radius 2 is 2.35 bits per heavy atom. The first-order chi connectivity index (χ1) is 8.08. The van der Waals surface area contributed by atoms with E-state index in [0.29, 0.717) is 17.4 Å². The maximum atomic E-state index is 13.5. The molecule has 1 amide bonds. The van der Waals surface area contributed by atoms with Crippen LogP contribution < -0.4 is 10.6 Å². The molecule has 1 aliphatic rings. The highest BCUT2D eigenvalue weighted by atomic mass is 79.9. The number of aliphatic hydroxyl groups excluding tert-OH is 1. The number of anilines is 1. The molecule has 3 N–H and O–H groups in total. The molecule has 0 aromatic heterocycles. The first-order valence-electron chi connectivity index (χ1n) is 5.24. The van der Waals surface area contributed by atoms with Crippen LogP contribution in [0.1, 0.15) is 6.42 Å². The van der Waals surface area contributed by atoms with E-state index < -0.39 is 18.0 Å². The molecule has 1 aromatic rings. The maximum absolute atomic E-state index is 13.5. The Morgan fingerprint density at radius 3 is 2.94 bits per heavy atom. The third-order valence-electron chi connectivity index (χ3n) is 2.64. The number of hydrogen-bond donors (Lipinski definition) is 3. The van der Waals surface area contributed by atoms with Gasteiger partial charge < -0.3 is 15.7 Å². The highest BCUT2D eigenvalue weighted by molar-refractivity contribution is 9.10. The number of hydrogen-bond acceptors (Lipinski definition) is 3. The SMILES string of the molecule is O=C(Nc1c(F)cccc1Br)C1CC(O)CN1. The van der Waals surface area contributed by atoms with E-state index in [9.17, 15) is 14.3 Å². The molecule has 0 bridgehead atoms. The lowest BCUT2D eigenvalue weighted by molar-refractivity contribution is -0.118. The molecule has 0 saturated carbocycles. The molecule has 1 saturated heterocycles. The highest BCUT2D eigenvalue weighted by Crippen LogP contribution is 2.25. The van der Waals surface area contributed by atoms with E-state index in [4.69, 9.17) is 0 Å². The van der Waals surface area contributed by atoms with Crippen LogP contribution in [0, 0.1) is 5.82 Å². The number of benzene rings is 1. The minimum Gasteiger partial charge on any atom is -0.392 e. The number of β-amino-alcohol motifs (C(OH)–C–C–N with tert-alkyl or cyclic N) is 1. The van der Waals surface area contributed by atoms with Crippen LogP contribution in [0.3, 0.4) is 0 Å². The average Bonchev–Trinajstić information content (AvgIpc) is 2.70. The van der Waals surface area contributed by atoms with Crippen LogP contribution in [0.2, 0.25) is 0 Å². The largest absolute Gasteiger partial charge is 0.392 e. The van der Waals surface area contributed by atoms with Gasteiger partial charge in [0.1, 0.15) is 5.82 Å². The van der Waals surface area contributed by atoms with Gasteiger partial charge >= 0.3 is 0 Å². The predicted octanol–water partition coefficient (Wildman–Crippen LogP) is 1.25. The molecular formula is C11H12BrFN2O2. The highest BCUT2D eigenvalue weighted by Gasteiger charge is 2.28. The van der Waals surface area contributed by atoms with Gasteiger partial charge in [-0.05, 0) is 34.5 Å². The van der Waals surface area contributed by atoms with E-state index in [1.54, 1.807) is 12.1 Å². The summed E-state index contributed by atoms with van der Waals surface area (Å²) in [5.41, 5.74) is 0.126. The number of carbonyl (C=O) groups is 1. The van der Waals surface area contributed by atoms with Crippen LogP contribution in [-0.2, 0) is 4.79 Å². The van der Waals surface area contributed by atoms with Crippen LogP contribution in [0.15, 0.2) is 22.7 Å². The molecule has 17 heavy (non-hydrogen) atoms. The summed E-state index contributed by atoms with van der Waals surface area (Å²) in [5, 5.41) is 14.7. The van der Waals surface area contributed by atoms with Crippen molar-refractivity contribution in [2.45, 2.75) is 18.6 Å². The molecular weight excluding hydrogens is 291 g/mol. The molecule has 6 heteroatoms. The van der Waals surface area contributed by atoms with Gasteiger partial charge in [0, 0.05) is 11.0 Å². The van der Waals surface area contributed by atoms with E-state index in [2.05, 4.69) is 26.6 Å². The van der Waals surface area contributed by atoms with Crippen molar-refractivity contribution in [3.63, 3.8) is 0 Å². The second-order valence-corrected chi connectivity index (χ2v) is 4.79. The summed E-state index contributed by atoms with van der Waals surface area (Å²) >= 11 is 3.17. The monoisotopic (exact) mass is 302 g/mol. The summed E-state index contributed by atoms with van der Waals surface area (Å²) in [6.07, 6.45) is -0.174. The van der Waals surface area contributed by atoms with Crippen LogP contribution in [0.4, 0.5) is 10.1 Å². The predicted molar refractivity (Wildman–Crippen MR) is 65.1 cm³/mol. The fraction of sp³-hybridized carbons (Fsp3) is 0.364. The van der Waals surface area contributed by atoms with Crippen LogP contribution >= 0.6 is 15.9 Å². The first-order valence-corrected chi connectivity index (χ1v) is 6.03. The normalized spacial score (nSPS) is 23.7. The van der Waals surface area contributed by atoms with E-state index in [-0.39, 0.29) is 11.6 Å². The van der Waals surface area contributed by atoms with Crippen molar-refractivity contribution in [2.24, 2.45) is 0 Å². The number of nitrogens with one attached hydrogen (secondary N) is 2. The quantitative estimate of drug-likeness (QED) is 0.770. The molecule has 0 radical (unpaired) electrons. The summed E-state index contributed by atoms with van der Waals surface area (Å²) in [7, 11) is 0. The number of halogens is 2. The van der Waals surface area contributed by atoms with Gasteiger partial charge in [0.05, 0.1) is 17.8 Å². The molecule has 2 rings (SSSR count). The summed E-state index contributed by atoms with van der Waals surface area (Å²) in [4.78, 5) is 11.8. The Balaban J connectivity index is 2.08. The van der Waals surface area contributed by atoms with Gasteiger partial charge in [-0.15, -0.1) is 0 Å². The van der Waals surface area contributed by atoms with Crippen LogP contribution in [0.5, 0.6) is 0 Å². The summed E-state index contributed by atoms with van der Waals surface area (Å²) < 4.78 is 14.0. The number of rotatable bonds is 2. The molecule has 92 valence electrons. The zero-order valence-corrected chi connectivity index (χ0v) is 10.5. The minimum atomic E-state index is -0.519. The van der Waals surface area contributed by atoms with Gasteiger partial charge in [0.15, 0.2) is 0 Å². The molecule has 1 fully saturated rings. The van der Waals surface area contributed by atoms with Gasteiger partial charge in [-0.1, -0.05) is 6.07 Å². The van der Waals surface area contributed by atoms with E-state index in [1.807, 2.05) is 0 Å². The van der Waals surface area contributed by atoms with Crippen molar-refractivity contribution in [1.29, 1.82) is 0 Å². The fourth-order valence-corrected chi connectivity index (χ4v) is 2.19. The third-order valence-corrected chi connectivity index (χ3v) is 3.30. The second kappa shape index (κ2) is 5.12. The zero-order valence-electron chi connectivity index (χ0n) is 8.91. The molecule has 4 nitrogen and oxygen atoms in total. The summed E-state index contributed by atoms with van der Waals surface area (Å²) in [5.74, 6) is -0.835. The molecule has 1 aromatic carbocycles. The van der Waals surface area contributed by atoms with Gasteiger partial charge in [-0.3, -0.25) is 4.79 Å². The van der Waals surface area contributed by atoms with Crippen molar-refractivity contribution in [1.82, 2.24) is 5.32 Å². The Hall–Kier alpha value is -0.980. The van der Waals surface area contributed by atoms with Gasteiger partial charge in [0.25, 0.3) is 0 Å². The molecule has 1 aliphatic heterocycles. The average molecular weight is 303 g/mol. The number of carbonyl (C=O) groups excluding carboxylic acids is 1. The molecule has 1 heterocycles. The van der Waals surface area contributed by atoms with Crippen molar-refractivity contribution < 1.29 is 14.3 Å². The molecule has 2 unspecified atom stereocenters. The first kappa shape index (κ1) is 12.5. The van der Waals surface area contributed by atoms with Crippen molar-refractivity contribution in [3.8, 4) is 0 Å². The topological polar surface area (TPSA) is 61.4 Å². The number of para-hydroxylation sites is 1. The van der Waals surface area contributed by atoms with Crippen molar-refractivity contribution in [2.75, 3.05) is 11.9 Å². The van der Waals surface area contributed by atoms with E-state index in [0.717, 1.165) is 0 Å². The van der Waals surface area contributed by atoms with E-state index >= 15 is 0 Å². The Kier molecular flexibility index (Phi) is 3.76. The lowest BCUT2D eigenvalue weighted by Crippen LogP contribution is -2.35. The van der Waals surface area contributed by atoms with Crippen molar-refractivity contribution in [3.05, 3.63) is 28.5 Å². The van der Waals surface area contributed by atoms with Gasteiger partial charge in [-0.2, -0.15) is 0 Å². The smallest absolute Gasteiger partial charge is 0.241 e. The van der Waals surface area contributed by atoms with Crippen LogP contribution in [0.25, 0.3) is 0 Å². The fourth-order valence-electron chi connectivity index (χ4n) is 1.74. The third kappa shape index (κ3) is 2.83. The van der Waals surface area contributed by atoms with Crippen molar-refractivity contribution >= 4 is 27.5 Å². The minimum absolute atomic E-state index is 0.126. The van der Waals surface area contributed by atoms with Gasteiger partial charge in [-0.25, -0.2) is 4.39 Å². The van der Waals surface area contributed by atoms with Crippen LogP contribution in [-0.4, -0.2) is 29.7 Å². The maximum Gasteiger partial charge on any atom is 0.241 e. The number of amides is 1. The standard InChI is InChI=1S/C11H12BrFN2O2/c12-7-2-1-3-8(13)10(7)15-11(17)9-4-6(16)5-14-9/h1-3,6,9,14,16H,4-5H2,(H,15,17). The molecule has 2 atom stereocenters. The summed E-state index contributed by atoms with van der Waals surface area (Å²) in [6, 6.07) is 4.00. The lowest BCUT2D eigenvalue weighted by atomic mass is 10.2. The Bertz CT molecular complexity index is 421. The van der Waals surface area contributed by atoms with E-state index in [1.165, 1.54) is 6.07 Å². The second-order valence-electron chi connectivity index (χ2n) is 3.94.